The minimum atomic E-state index is -0.491. The number of ether oxygens (including phenoxy) is 1. The lowest BCUT2D eigenvalue weighted by atomic mass is 9.96. The molecule has 0 radical (unpaired) electrons. The van der Waals surface area contributed by atoms with Gasteiger partial charge in [0.25, 0.3) is 5.91 Å². The number of carbonyl (C=O) groups excluding carboxylic acids is 2. The van der Waals surface area contributed by atoms with Gasteiger partial charge in [-0.05, 0) is 63.8 Å². The van der Waals surface area contributed by atoms with Crippen molar-refractivity contribution in [1.82, 2.24) is 15.2 Å². The second kappa shape index (κ2) is 7.92. The van der Waals surface area contributed by atoms with E-state index in [1.165, 1.54) is 0 Å². The molecule has 0 aliphatic carbocycles. The lowest BCUT2D eigenvalue weighted by Gasteiger charge is -2.32. The molecule has 0 unspecified atom stereocenters. The summed E-state index contributed by atoms with van der Waals surface area (Å²) < 4.78 is 6.25. The number of nitrogens with zero attached hydrogens (tertiary/aromatic N) is 1. The number of alkyl carbamates (subject to hydrolysis) is 1. The average Bonchev–Trinajstić information content (AvgIpc) is 3.01. The Morgan fingerprint density at radius 3 is 2.63 bits per heavy atom. The average molecular weight is 436 g/mol. The number of H-pyrrole nitrogens is 1. The number of hydrogen-bond acceptors (Lipinski definition) is 3. The molecule has 2 heterocycles. The summed E-state index contributed by atoms with van der Waals surface area (Å²) >= 11 is 3.45. The number of aromatic amines is 1. The molecule has 1 fully saturated rings. The lowest BCUT2D eigenvalue weighted by Crippen LogP contribution is -2.42. The second-order valence-corrected chi connectivity index (χ2v) is 8.95. The number of carbonyl (C=O) groups is 2. The first kappa shape index (κ1) is 19.7. The van der Waals surface area contributed by atoms with Gasteiger partial charge < -0.3 is 19.9 Å². The monoisotopic (exact) mass is 435 g/mol. The maximum atomic E-state index is 12.8. The van der Waals surface area contributed by atoms with Crippen LogP contribution in [0.4, 0.5) is 4.79 Å². The molecule has 146 valence electrons. The van der Waals surface area contributed by atoms with Crippen LogP contribution in [-0.2, 0) is 4.74 Å². The summed E-state index contributed by atoms with van der Waals surface area (Å²) in [6.45, 7) is 7.51. The predicted octanol–water partition coefficient (Wildman–Crippen LogP) is 4.31. The fourth-order valence-electron chi connectivity index (χ4n) is 3.27. The summed E-state index contributed by atoms with van der Waals surface area (Å²) in [6.07, 6.45) is 1.35. The maximum Gasteiger partial charge on any atom is 0.407 e. The van der Waals surface area contributed by atoms with Crippen molar-refractivity contribution in [3.05, 3.63) is 34.4 Å². The first-order valence-electron chi connectivity index (χ1n) is 9.26. The summed E-state index contributed by atoms with van der Waals surface area (Å²) in [6, 6.07) is 7.82. The summed E-state index contributed by atoms with van der Waals surface area (Å²) in [5.74, 6) is 0.390. The van der Waals surface area contributed by atoms with E-state index in [-0.39, 0.29) is 12.0 Å². The molecule has 1 aromatic carbocycles. The van der Waals surface area contributed by atoms with Gasteiger partial charge in [-0.2, -0.15) is 0 Å². The number of fused-ring (bicyclic) bond motifs is 1. The van der Waals surface area contributed by atoms with Crippen LogP contribution in [0.1, 0.15) is 44.1 Å². The minimum Gasteiger partial charge on any atom is -0.444 e. The van der Waals surface area contributed by atoms with Gasteiger partial charge in [0.1, 0.15) is 11.3 Å². The molecule has 0 atom stereocenters. The van der Waals surface area contributed by atoms with E-state index in [9.17, 15) is 9.59 Å². The molecule has 2 aromatic rings. The molecule has 0 spiro atoms. The van der Waals surface area contributed by atoms with Crippen LogP contribution >= 0.6 is 15.9 Å². The second-order valence-electron chi connectivity index (χ2n) is 8.03. The van der Waals surface area contributed by atoms with E-state index in [4.69, 9.17) is 4.74 Å². The summed E-state index contributed by atoms with van der Waals surface area (Å²) in [4.78, 5) is 29.6. The van der Waals surface area contributed by atoms with Crippen LogP contribution in [0.5, 0.6) is 0 Å². The number of benzene rings is 1. The van der Waals surface area contributed by atoms with Crippen LogP contribution in [-0.4, -0.2) is 47.1 Å². The van der Waals surface area contributed by atoms with Crippen molar-refractivity contribution < 1.29 is 14.3 Å². The van der Waals surface area contributed by atoms with Crippen molar-refractivity contribution in [1.29, 1.82) is 0 Å². The van der Waals surface area contributed by atoms with Crippen molar-refractivity contribution in [2.75, 3.05) is 19.6 Å². The van der Waals surface area contributed by atoms with Gasteiger partial charge in [-0.15, -0.1) is 0 Å². The number of rotatable bonds is 3. The SMILES string of the molecule is CC(C)(C)OC(=O)NCC1CCN(C(=O)c2cc3cc(Br)ccc3[nH]2)CC1. The number of nitrogens with one attached hydrogen (secondary N) is 2. The highest BCUT2D eigenvalue weighted by atomic mass is 79.9. The molecule has 1 aromatic heterocycles. The molecule has 1 aliphatic heterocycles. The van der Waals surface area contributed by atoms with E-state index < -0.39 is 5.60 Å². The zero-order chi connectivity index (χ0) is 19.6. The van der Waals surface area contributed by atoms with E-state index in [1.54, 1.807) is 0 Å². The van der Waals surface area contributed by atoms with Crippen molar-refractivity contribution in [3.8, 4) is 0 Å². The Kier molecular flexibility index (Phi) is 5.79. The van der Waals surface area contributed by atoms with Crippen molar-refractivity contribution >= 4 is 38.8 Å². The highest BCUT2D eigenvalue weighted by molar-refractivity contribution is 9.10. The lowest BCUT2D eigenvalue weighted by molar-refractivity contribution is 0.0500. The zero-order valence-electron chi connectivity index (χ0n) is 16.0. The van der Waals surface area contributed by atoms with E-state index in [2.05, 4.69) is 26.2 Å². The van der Waals surface area contributed by atoms with Gasteiger partial charge in [0.2, 0.25) is 0 Å². The Morgan fingerprint density at radius 2 is 1.96 bits per heavy atom. The molecule has 6 nitrogen and oxygen atoms in total. The van der Waals surface area contributed by atoms with Gasteiger partial charge in [0.05, 0.1) is 0 Å². The molecule has 3 rings (SSSR count). The molecule has 27 heavy (non-hydrogen) atoms. The normalized spacial score (nSPS) is 15.8. The zero-order valence-corrected chi connectivity index (χ0v) is 17.6. The largest absolute Gasteiger partial charge is 0.444 e. The quantitative estimate of drug-likeness (QED) is 0.753. The minimum absolute atomic E-state index is 0.0286. The molecule has 2 N–H and O–H groups in total. The Morgan fingerprint density at radius 1 is 1.26 bits per heavy atom. The van der Waals surface area contributed by atoms with Gasteiger partial charge >= 0.3 is 6.09 Å². The molecule has 0 saturated carbocycles. The number of piperidine rings is 1. The van der Waals surface area contributed by atoms with Gasteiger partial charge in [-0.25, -0.2) is 4.79 Å². The van der Waals surface area contributed by atoms with Crippen LogP contribution in [0.25, 0.3) is 10.9 Å². The topological polar surface area (TPSA) is 74.4 Å². The maximum absolute atomic E-state index is 12.8. The number of halogens is 1. The molecule has 1 saturated heterocycles. The van der Waals surface area contributed by atoms with Gasteiger partial charge in [0.15, 0.2) is 0 Å². The number of aromatic nitrogens is 1. The summed E-state index contributed by atoms with van der Waals surface area (Å²) in [5, 5.41) is 3.85. The first-order chi connectivity index (χ1) is 12.7. The van der Waals surface area contributed by atoms with Crippen LogP contribution in [0.15, 0.2) is 28.7 Å². The van der Waals surface area contributed by atoms with Crippen LogP contribution < -0.4 is 5.32 Å². The molecular formula is C20H26BrN3O3. The third kappa shape index (κ3) is 5.25. The van der Waals surface area contributed by atoms with E-state index in [1.807, 2.05) is 49.9 Å². The molecular weight excluding hydrogens is 410 g/mol. The van der Waals surface area contributed by atoms with Crippen LogP contribution in [0.3, 0.4) is 0 Å². The predicted molar refractivity (Wildman–Crippen MR) is 109 cm³/mol. The fourth-order valence-corrected chi connectivity index (χ4v) is 3.65. The molecule has 1 aliphatic rings. The Balaban J connectivity index is 1.51. The number of likely N-dealkylation sites (tertiary alicyclic amines) is 1. The summed E-state index contributed by atoms with van der Waals surface area (Å²) in [7, 11) is 0. The first-order valence-corrected chi connectivity index (χ1v) is 10.0. The molecule has 2 amide bonds. The van der Waals surface area contributed by atoms with E-state index in [0.29, 0.717) is 31.2 Å². The highest BCUT2D eigenvalue weighted by Gasteiger charge is 2.25. The van der Waals surface area contributed by atoms with Gasteiger partial charge in [-0.1, -0.05) is 15.9 Å². The van der Waals surface area contributed by atoms with Crippen LogP contribution in [0.2, 0.25) is 0 Å². The highest BCUT2D eigenvalue weighted by Crippen LogP contribution is 2.23. The Labute approximate surface area is 167 Å². The van der Waals surface area contributed by atoms with Crippen LogP contribution in [0, 0.1) is 5.92 Å². The number of hydrogen-bond donors (Lipinski definition) is 2. The van der Waals surface area contributed by atoms with E-state index >= 15 is 0 Å². The molecule has 7 heteroatoms. The Hall–Kier alpha value is -2.02. The third-order valence-electron chi connectivity index (χ3n) is 4.65. The smallest absolute Gasteiger partial charge is 0.407 e. The van der Waals surface area contributed by atoms with Crippen molar-refractivity contribution in [2.24, 2.45) is 5.92 Å². The Bertz CT molecular complexity index is 833. The van der Waals surface area contributed by atoms with Gasteiger partial charge in [0, 0.05) is 35.0 Å². The van der Waals surface area contributed by atoms with Crippen molar-refractivity contribution in [2.45, 2.75) is 39.2 Å². The third-order valence-corrected chi connectivity index (χ3v) is 5.14. The standard InChI is InChI=1S/C20H26BrN3O3/c1-20(2,3)27-19(26)22-12-13-6-8-24(9-7-13)18(25)17-11-14-10-15(21)4-5-16(14)23-17/h4-5,10-11,13,23H,6-9,12H2,1-3H3,(H,22,26). The van der Waals surface area contributed by atoms with E-state index in [0.717, 1.165) is 28.2 Å². The molecule has 0 bridgehead atoms. The summed E-state index contributed by atoms with van der Waals surface area (Å²) in [5.41, 5.74) is 1.08. The van der Waals surface area contributed by atoms with Crippen molar-refractivity contribution in [3.63, 3.8) is 0 Å². The van der Waals surface area contributed by atoms with Gasteiger partial charge in [-0.3, -0.25) is 4.79 Å². The number of amides is 2. The fraction of sp³-hybridized carbons (Fsp3) is 0.500.